The van der Waals surface area contributed by atoms with Crippen LogP contribution in [0.2, 0.25) is 0 Å². The van der Waals surface area contributed by atoms with Crippen molar-refractivity contribution in [1.82, 2.24) is 16.0 Å². The first-order valence-corrected chi connectivity index (χ1v) is 14.5. The molecule has 230 valence electrons. The molecule has 3 amide bonds. The zero-order valence-electron chi connectivity index (χ0n) is 26.0. The lowest BCUT2D eigenvalue weighted by Gasteiger charge is -2.31. The fourth-order valence-corrected chi connectivity index (χ4v) is 5.10. The highest BCUT2D eigenvalue weighted by molar-refractivity contribution is 5.82. The van der Waals surface area contributed by atoms with Gasteiger partial charge >= 0.3 is 18.2 Å². The van der Waals surface area contributed by atoms with E-state index < -0.39 is 28.8 Å². The quantitative estimate of drug-likeness (QED) is 0.117. The highest BCUT2D eigenvalue weighted by Gasteiger charge is 2.46. The van der Waals surface area contributed by atoms with E-state index in [1.54, 1.807) is 41.5 Å². The summed E-state index contributed by atoms with van der Waals surface area (Å²) in [7, 11) is 0. The maximum absolute atomic E-state index is 13.1. The number of carbonyl (C=O) groups excluding carboxylic acids is 4. The van der Waals surface area contributed by atoms with Gasteiger partial charge in [0.05, 0.1) is 30.9 Å². The van der Waals surface area contributed by atoms with Gasteiger partial charge in [-0.3, -0.25) is 19.9 Å². The van der Waals surface area contributed by atoms with Crippen molar-refractivity contribution >= 4 is 30.4 Å². The summed E-state index contributed by atoms with van der Waals surface area (Å²) in [5.41, 5.74) is -2.25. The molecule has 1 aliphatic carbocycles. The maximum Gasteiger partial charge on any atom is 0.412 e. The third kappa shape index (κ3) is 12.6. The van der Waals surface area contributed by atoms with Gasteiger partial charge in [0.25, 0.3) is 0 Å². The first-order valence-electron chi connectivity index (χ1n) is 14.5. The van der Waals surface area contributed by atoms with Crippen LogP contribution in [0.25, 0.3) is 0 Å². The highest BCUT2D eigenvalue weighted by Crippen LogP contribution is 2.45. The Morgan fingerprint density at radius 1 is 1.02 bits per heavy atom. The van der Waals surface area contributed by atoms with Crippen molar-refractivity contribution in [2.45, 2.75) is 131 Å². The molecule has 0 bridgehead atoms. The minimum absolute atomic E-state index is 0.0469. The second-order valence-corrected chi connectivity index (χ2v) is 12.2. The molecule has 0 aromatic heterocycles. The third-order valence-corrected chi connectivity index (χ3v) is 7.10. The molecule has 11 nitrogen and oxygen atoms in total. The molecule has 11 heteroatoms. The summed E-state index contributed by atoms with van der Waals surface area (Å²) in [6, 6.07) is -0.0836. The minimum Gasteiger partial charge on any atom is -0.466 e. The SMILES string of the molecule is CCOC(=O)C1(CCC(CC)C(CC)NC(C)=O)CCC(N=CNC(=O)OC(C)(C)CNC(=O)OC(C)(C)C)C1. The Balaban J connectivity index is 2.73. The summed E-state index contributed by atoms with van der Waals surface area (Å²) in [6.45, 7) is 16.5. The van der Waals surface area contributed by atoms with Gasteiger partial charge in [0.2, 0.25) is 5.91 Å². The highest BCUT2D eigenvalue weighted by atomic mass is 16.6. The van der Waals surface area contributed by atoms with E-state index in [4.69, 9.17) is 14.2 Å². The van der Waals surface area contributed by atoms with Crippen LogP contribution in [0, 0.1) is 11.3 Å². The molecule has 0 spiro atoms. The third-order valence-electron chi connectivity index (χ3n) is 7.10. The molecule has 1 saturated carbocycles. The number of aliphatic imine (C=N–C) groups is 1. The van der Waals surface area contributed by atoms with Gasteiger partial charge in [-0.1, -0.05) is 20.3 Å². The maximum atomic E-state index is 13.1. The van der Waals surface area contributed by atoms with Gasteiger partial charge in [0.1, 0.15) is 11.2 Å². The fraction of sp³-hybridized carbons (Fsp3) is 0.828. The molecule has 0 aliphatic heterocycles. The van der Waals surface area contributed by atoms with Crippen LogP contribution in [-0.2, 0) is 23.8 Å². The van der Waals surface area contributed by atoms with E-state index in [1.165, 1.54) is 13.3 Å². The molecule has 0 radical (unpaired) electrons. The number of hydrogen-bond acceptors (Lipinski definition) is 8. The van der Waals surface area contributed by atoms with Gasteiger partial charge in [-0.2, -0.15) is 0 Å². The molecule has 1 fully saturated rings. The van der Waals surface area contributed by atoms with Crippen molar-refractivity contribution < 1.29 is 33.4 Å². The largest absolute Gasteiger partial charge is 0.466 e. The number of ether oxygens (including phenoxy) is 3. The summed E-state index contributed by atoms with van der Waals surface area (Å²) in [6.07, 6.45) is 5.05. The number of amides is 3. The normalized spacial score (nSPS) is 20.9. The van der Waals surface area contributed by atoms with E-state index in [9.17, 15) is 19.2 Å². The lowest BCUT2D eigenvalue weighted by atomic mass is 9.77. The molecule has 0 aromatic rings. The lowest BCUT2D eigenvalue weighted by molar-refractivity contribution is -0.156. The Bertz CT molecular complexity index is 884. The first-order chi connectivity index (χ1) is 18.6. The molecule has 3 N–H and O–H groups in total. The Morgan fingerprint density at radius 2 is 1.70 bits per heavy atom. The second-order valence-electron chi connectivity index (χ2n) is 12.2. The minimum atomic E-state index is -0.981. The fourth-order valence-electron chi connectivity index (χ4n) is 5.10. The summed E-state index contributed by atoms with van der Waals surface area (Å²) < 4.78 is 16.1. The van der Waals surface area contributed by atoms with E-state index in [0.717, 1.165) is 19.3 Å². The number of carbonyl (C=O) groups is 4. The lowest BCUT2D eigenvalue weighted by Crippen LogP contribution is -2.45. The molecule has 40 heavy (non-hydrogen) atoms. The predicted octanol–water partition coefficient (Wildman–Crippen LogP) is 4.87. The van der Waals surface area contributed by atoms with Crippen LogP contribution >= 0.6 is 0 Å². The number of esters is 1. The van der Waals surface area contributed by atoms with Gasteiger partial charge in [-0.05, 0) is 86.0 Å². The monoisotopic (exact) mass is 568 g/mol. The molecule has 0 saturated heterocycles. The van der Waals surface area contributed by atoms with Crippen molar-refractivity contribution in [1.29, 1.82) is 0 Å². The number of hydrogen-bond donors (Lipinski definition) is 3. The summed E-state index contributed by atoms with van der Waals surface area (Å²) in [5.74, 6) is 0.00322. The van der Waals surface area contributed by atoms with Gasteiger partial charge in [0, 0.05) is 13.0 Å². The first kappa shape index (κ1) is 35.2. The van der Waals surface area contributed by atoms with Crippen LogP contribution in [0.15, 0.2) is 4.99 Å². The molecular formula is C29H52N4O7. The van der Waals surface area contributed by atoms with Gasteiger partial charge in [0.15, 0.2) is 0 Å². The van der Waals surface area contributed by atoms with E-state index in [1.807, 2.05) is 0 Å². The standard InChI is InChI=1S/C29H52N4O7/c1-10-21(23(11-2)33-20(4)34)13-15-29(24(35)38-12-3)16-14-22(17-29)31-19-32-26(37)40-28(8,9)18-30-25(36)39-27(5,6)7/h19,21-23H,10-18H2,1-9H3,(H,30,36)(H,33,34)(H,31,32,37). The van der Waals surface area contributed by atoms with Crippen LogP contribution < -0.4 is 16.0 Å². The zero-order chi connectivity index (χ0) is 30.6. The summed E-state index contributed by atoms with van der Waals surface area (Å²) in [4.78, 5) is 53.5. The van der Waals surface area contributed by atoms with Crippen molar-refractivity contribution in [3.05, 3.63) is 0 Å². The molecular weight excluding hydrogens is 516 g/mol. The van der Waals surface area contributed by atoms with Crippen molar-refractivity contribution in [3.8, 4) is 0 Å². The van der Waals surface area contributed by atoms with E-state index in [0.29, 0.717) is 32.3 Å². The summed E-state index contributed by atoms with van der Waals surface area (Å²) in [5, 5.41) is 8.17. The van der Waals surface area contributed by atoms with Crippen LogP contribution in [0.3, 0.4) is 0 Å². The van der Waals surface area contributed by atoms with Crippen LogP contribution in [0.4, 0.5) is 9.59 Å². The summed E-state index contributed by atoms with van der Waals surface area (Å²) >= 11 is 0. The predicted molar refractivity (Wildman–Crippen MR) is 154 cm³/mol. The molecule has 0 heterocycles. The van der Waals surface area contributed by atoms with Crippen molar-refractivity contribution in [2.75, 3.05) is 13.2 Å². The Kier molecular flexibility index (Phi) is 13.9. The molecule has 4 atom stereocenters. The Hall–Kier alpha value is -2.85. The van der Waals surface area contributed by atoms with E-state index in [2.05, 4.69) is 34.8 Å². The van der Waals surface area contributed by atoms with E-state index in [-0.39, 0.29) is 36.4 Å². The van der Waals surface area contributed by atoms with Crippen molar-refractivity contribution in [3.63, 3.8) is 0 Å². The molecule has 4 unspecified atom stereocenters. The smallest absolute Gasteiger partial charge is 0.412 e. The number of alkyl carbamates (subject to hydrolysis) is 2. The van der Waals surface area contributed by atoms with E-state index >= 15 is 0 Å². The van der Waals surface area contributed by atoms with Crippen LogP contribution in [0.5, 0.6) is 0 Å². The van der Waals surface area contributed by atoms with Gasteiger partial charge in [-0.25, -0.2) is 9.59 Å². The molecule has 0 aromatic carbocycles. The van der Waals surface area contributed by atoms with Gasteiger partial charge in [-0.15, -0.1) is 0 Å². The molecule has 1 aliphatic rings. The topological polar surface area (TPSA) is 144 Å². The van der Waals surface area contributed by atoms with Crippen LogP contribution in [0.1, 0.15) is 107 Å². The average molecular weight is 569 g/mol. The zero-order valence-corrected chi connectivity index (χ0v) is 26.0. The number of nitrogens with one attached hydrogen (secondary N) is 3. The number of rotatable bonds is 14. The Labute approximate surface area is 239 Å². The second kappa shape index (κ2) is 15.8. The average Bonchev–Trinajstić information content (AvgIpc) is 3.25. The van der Waals surface area contributed by atoms with Crippen molar-refractivity contribution in [2.24, 2.45) is 16.3 Å². The molecule has 1 rings (SSSR count). The Morgan fingerprint density at radius 3 is 2.25 bits per heavy atom. The number of nitrogens with zero attached hydrogens (tertiary/aromatic N) is 1. The van der Waals surface area contributed by atoms with Gasteiger partial charge < -0.3 is 24.8 Å². The van der Waals surface area contributed by atoms with Crippen LogP contribution in [-0.4, -0.2) is 66.8 Å².